The Hall–Kier alpha value is -2.47. The molecule has 2 aromatic carbocycles. The molecule has 1 heterocycles. The molecular formula is C21H21BrN2O3. The SMILES string of the molecule is CC(C)C(C(=O)N(C)Cc1ccc(Br)cc1)N1C(=O)c2ccccc2C1=O. The van der Waals surface area contributed by atoms with Gasteiger partial charge < -0.3 is 4.90 Å². The second-order valence-electron chi connectivity index (χ2n) is 7.04. The molecule has 1 atom stereocenters. The molecular weight excluding hydrogens is 408 g/mol. The highest BCUT2D eigenvalue weighted by molar-refractivity contribution is 9.10. The Morgan fingerprint density at radius 1 is 1.00 bits per heavy atom. The average molecular weight is 429 g/mol. The maximum Gasteiger partial charge on any atom is 0.262 e. The van der Waals surface area contributed by atoms with Crippen molar-refractivity contribution < 1.29 is 14.4 Å². The number of hydrogen-bond donors (Lipinski definition) is 0. The standard InChI is InChI=1S/C21H21BrN2O3/c1-13(2)18(21(27)23(3)12-14-8-10-15(22)11-9-14)24-19(25)16-6-4-5-7-17(16)20(24)26/h4-11,13,18H,12H2,1-3H3. The third-order valence-electron chi connectivity index (χ3n) is 4.70. The van der Waals surface area contributed by atoms with E-state index < -0.39 is 17.9 Å². The van der Waals surface area contributed by atoms with Crippen LogP contribution in [-0.4, -0.2) is 40.6 Å². The number of carbonyl (C=O) groups is 3. The molecule has 1 aliphatic heterocycles. The Bertz CT molecular complexity index is 858. The molecule has 0 bridgehead atoms. The fourth-order valence-corrected chi connectivity index (χ4v) is 3.59. The molecule has 2 aromatic rings. The molecule has 0 aromatic heterocycles. The van der Waals surface area contributed by atoms with Gasteiger partial charge in [0, 0.05) is 18.1 Å². The summed E-state index contributed by atoms with van der Waals surface area (Å²) in [5.41, 5.74) is 1.69. The summed E-state index contributed by atoms with van der Waals surface area (Å²) in [5, 5.41) is 0. The number of nitrogens with zero attached hydrogens (tertiary/aromatic N) is 2. The maximum absolute atomic E-state index is 13.2. The van der Waals surface area contributed by atoms with E-state index in [1.807, 2.05) is 38.1 Å². The van der Waals surface area contributed by atoms with E-state index in [-0.39, 0.29) is 11.8 Å². The molecule has 1 aliphatic rings. The number of carbonyl (C=O) groups excluding carboxylic acids is 3. The van der Waals surface area contributed by atoms with E-state index in [1.54, 1.807) is 36.2 Å². The Labute approximate surface area is 167 Å². The first kappa shape index (κ1) is 19.3. The first-order valence-corrected chi connectivity index (χ1v) is 9.57. The Balaban J connectivity index is 1.85. The highest BCUT2D eigenvalue weighted by Gasteiger charge is 2.44. The number of hydrogen-bond acceptors (Lipinski definition) is 3. The summed E-state index contributed by atoms with van der Waals surface area (Å²) in [7, 11) is 1.69. The fraction of sp³-hybridized carbons (Fsp3) is 0.286. The van der Waals surface area contributed by atoms with Gasteiger partial charge in [-0.3, -0.25) is 19.3 Å². The quantitative estimate of drug-likeness (QED) is 0.681. The minimum Gasteiger partial charge on any atom is -0.340 e. The van der Waals surface area contributed by atoms with Crippen LogP contribution in [0.4, 0.5) is 0 Å². The molecule has 0 spiro atoms. The third kappa shape index (κ3) is 3.67. The summed E-state index contributed by atoms with van der Waals surface area (Å²) in [6, 6.07) is 13.6. The molecule has 3 amide bonds. The van der Waals surface area contributed by atoms with Gasteiger partial charge in [-0.05, 0) is 35.7 Å². The lowest BCUT2D eigenvalue weighted by Crippen LogP contribution is -2.52. The zero-order chi connectivity index (χ0) is 19.7. The predicted molar refractivity (Wildman–Crippen MR) is 106 cm³/mol. The second-order valence-corrected chi connectivity index (χ2v) is 7.95. The van der Waals surface area contributed by atoms with Crippen LogP contribution in [0, 0.1) is 5.92 Å². The number of halogens is 1. The van der Waals surface area contributed by atoms with Gasteiger partial charge in [0.15, 0.2) is 0 Å². The zero-order valence-electron chi connectivity index (χ0n) is 15.5. The first-order chi connectivity index (χ1) is 12.8. The summed E-state index contributed by atoms with van der Waals surface area (Å²) >= 11 is 3.39. The summed E-state index contributed by atoms with van der Waals surface area (Å²) in [6.07, 6.45) is 0. The zero-order valence-corrected chi connectivity index (χ0v) is 17.1. The molecule has 0 saturated carbocycles. The monoisotopic (exact) mass is 428 g/mol. The van der Waals surface area contributed by atoms with Gasteiger partial charge in [0.05, 0.1) is 11.1 Å². The number of rotatable bonds is 5. The lowest BCUT2D eigenvalue weighted by molar-refractivity contribution is -0.136. The number of imide groups is 1. The molecule has 0 N–H and O–H groups in total. The summed E-state index contributed by atoms with van der Waals surface area (Å²) < 4.78 is 0.964. The van der Waals surface area contributed by atoms with Crippen molar-refractivity contribution >= 4 is 33.7 Å². The first-order valence-electron chi connectivity index (χ1n) is 8.77. The molecule has 1 unspecified atom stereocenters. The summed E-state index contributed by atoms with van der Waals surface area (Å²) in [6.45, 7) is 4.09. The average Bonchev–Trinajstić information content (AvgIpc) is 2.89. The van der Waals surface area contributed by atoms with Gasteiger partial charge in [-0.25, -0.2) is 0 Å². The van der Waals surface area contributed by atoms with Crippen molar-refractivity contribution in [3.63, 3.8) is 0 Å². The van der Waals surface area contributed by atoms with Gasteiger partial charge in [-0.15, -0.1) is 0 Å². The van der Waals surface area contributed by atoms with Crippen molar-refractivity contribution in [1.29, 1.82) is 0 Å². The van der Waals surface area contributed by atoms with Crippen molar-refractivity contribution in [1.82, 2.24) is 9.80 Å². The van der Waals surface area contributed by atoms with Crippen molar-refractivity contribution in [3.8, 4) is 0 Å². The van der Waals surface area contributed by atoms with Crippen molar-refractivity contribution in [2.24, 2.45) is 5.92 Å². The highest BCUT2D eigenvalue weighted by Crippen LogP contribution is 2.28. The highest BCUT2D eigenvalue weighted by atomic mass is 79.9. The molecule has 6 heteroatoms. The largest absolute Gasteiger partial charge is 0.340 e. The smallest absolute Gasteiger partial charge is 0.262 e. The fourth-order valence-electron chi connectivity index (χ4n) is 3.32. The van der Waals surface area contributed by atoms with E-state index in [2.05, 4.69) is 15.9 Å². The van der Waals surface area contributed by atoms with E-state index >= 15 is 0 Å². The van der Waals surface area contributed by atoms with Gasteiger partial charge in [0.25, 0.3) is 11.8 Å². The van der Waals surface area contributed by atoms with Crippen molar-refractivity contribution in [2.45, 2.75) is 26.4 Å². The van der Waals surface area contributed by atoms with Crippen LogP contribution < -0.4 is 0 Å². The van der Waals surface area contributed by atoms with Gasteiger partial charge in [-0.2, -0.15) is 0 Å². The number of benzene rings is 2. The van der Waals surface area contributed by atoms with Gasteiger partial charge >= 0.3 is 0 Å². The maximum atomic E-state index is 13.2. The van der Waals surface area contributed by atoms with E-state index in [0.29, 0.717) is 17.7 Å². The Morgan fingerprint density at radius 2 is 1.52 bits per heavy atom. The normalized spacial score (nSPS) is 14.5. The van der Waals surface area contributed by atoms with E-state index in [1.165, 1.54) is 0 Å². The lowest BCUT2D eigenvalue weighted by Gasteiger charge is -2.32. The van der Waals surface area contributed by atoms with Crippen LogP contribution in [0.1, 0.15) is 40.1 Å². The molecule has 0 aliphatic carbocycles. The molecule has 27 heavy (non-hydrogen) atoms. The van der Waals surface area contributed by atoms with Crippen LogP contribution in [0.25, 0.3) is 0 Å². The van der Waals surface area contributed by atoms with Gasteiger partial charge in [0.1, 0.15) is 6.04 Å². The minimum atomic E-state index is -0.835. The van der Waals surface area contributed by atoms with Crippen LogP contribution in [0.15, 0.2) is 53.0 Å². The predicted octanol–water partition coefficient (Wildman–Crippen LogP) is 3.73. The number of fused-ring (bicyclic) bond motifs is 1. The lowest BCUT2D eigenvalue weighted by atomic mass is 10.0. The van der Waals surface area contributed by atoms with Crippen molar-refractivity contribution in [3.05, 3.63) is 69.7 Å². The topological polar surface area (TPSA) is 57.7 Å². The molecule has 0 saturated heterocycles. The third-order valence-corrected chi connectivity index (χ3v) is 5.23. The van der Waals surface area contributed by atoms with Crippen LogP contribution in [0.2, 0.25) is 0 Å². The van der Waals surface area contributed by atoms with E-state index in [4.69, 9.17) is 0 Å². The van der Waals surface area contributed by atoms with Gasteiger partial charge in [0.2, 0.25) is 5.91 Å². The molecule has 3 rings (SSSR count). The van der Waals surface area contributed by atoms with Crippen LogP contribution in [-0.2, 0) is 11.3 Å². The minimum absolute atomic E-state index is 0.202. The van der Waals surface area contributed by atoms with E-state index in [9.17, 15) is 14.4 Å². The molecule has 0 radical (unpaired) electrons. The summed E-state index contributed by atoms with van der Waals surface area (Å²) in [5.74, 6) is -1.26. The number of likely N-dealkylation sites (N-methyl/N-ethyl adjacent to an activating group) is 1. The molecule has 5 nitrogen and oxygen atoms in total. The number of amides is 3. The van der Waals surface area contributed by atoms with Crippen LogP contribution in [0.5, 0.6) is 0 Å². The Kier molecular flexibility index (Phi) is 5.46. The summed E-state index contributed by atoms with van der Waals surface area (Å²) in [4.78, 5) is 41.5. The van der Waals surface area contributed by atoms with Gasteiger partial charge in [-0.1, -0.05) is 54.0 Å². The molecule has 140 valence electrons. The molecule has 0 fully saturated rings. The van der Waals surface area contributed by atoms with Crippen molar-refractivity contribution in [2.75, 3.05) is 7.05 Å². The van der Waals surface area contributed by atoms with E-state index in [0.717, 1.165) is 14.9 Å². The second kappa shape index (κ2) is 7.64. The Morgan fingerprint density at radius 3 is 2.00 bits per heavy atom. The van der Waals surface area contributed by atoms with Crippen LogP contribution >= 0.6 is 15.9 Å². The van der Waals surface area contributed by atoms with Crippen LogP contribution in [0.3, 0.4) is 0 Å².